The smallest absolute Gasteiger partial charge is 0.325 e. The van der Waals surface area contributed by atoms with E-state index in [1.54, 1.807) is 24.5 Å². The van der Waals surface area contributed by atoms with Gasteiger partial charge >= 0.3 is 11.9 Å². The van der Waals surface area contributed by atoms with Crippen molar-refractivity contribution in [2.75, 3.05) is 0 Å². The molecule has 0 spiro atoms. The molecule has 0 aliphatic carbocycles. The van der Waals surface area contributed by atoms with Crippen LogP contribution in [0.4, 0.5) is 0 Å². The Hall–Kier alpha value is -2.11. The maximum atomic E-state index is 12.0. The van der Waals surface area contributed by atoms with Gasteiger partial charge in [0.05, 0.1) is 5.54 Å². The molecule has 0 fully saturated rings. The number of aromatic nitrogens is 1. The van der Waals surface area contributed by atoms with Crippen molar-refractivity contribution in [2.45, 2.75) is 19.4 Å². The van der Waals surface area contributed by atoms with Gasteiger partial charge < -0.3 is 14.8 Å². The van der Waals surface area contributed by atoms with Crippen LogP contribution in [0.25, 0.3) is 0 Å². The average Bonchev–Trinajstić information content (AvgIpc) is 2.69. The van der Waals surface area contributed by atoms with Crippen LogP contribution in [0.15, 0.2) is 24.5 Å². The Morgan fingerprint density at radius 3 is 1.82 bits per heavy atom. The second-order valence-corrected chi connectivity index (χ2v) is 4.12. The van der Waals surface area contributed by atoms with Crippen molar-refractivity contribution in [3.63, 3.8) is 0 Å². The Morgan fingerprint density at radius 2 is 1.47 bits per heavy atom. The van der Waals surface area contributed by atoms with Gasteiger partial charge in [0.1, 0.15) is 0 Å². The molecule has 0 aliphatic rings. The third-order valence-electron chi connectivity index (χ3n) is 2.61. The molecule has 0 bridgehead atoms. The van der Waals surface area contributed by atoms with Crippen molar-refractivity contribution in [3.05, 3.63) is 24.5 Å². The molecule has 1 aromatic heterocycles. The number of carbonyl (C=O) groups is 3. The summed E-state index contributed by atoms with van der Waals surface area (Å²) in [5.41, 5.74) is -1.22. The molecular formula is C11H13NO5. The van der Waals surface area contributed by atoms with Crippen LogP contribution in [-0.4, -0.2) is 32.5 Å². The average molecular weight is 239 g/mol. The van der Waals surface area contributed by atoms with Gasteiger partial charge in [-0.3, -0.25) is 14.4 Å². The van der Waals surface area contributed by atoms with Crippen LogP contribution in [0.3, 0.4) is 0 Å². The summed E-state index contributed by atoms with van der Waals surface area (Å²) in [5, 5.41) is 17.5. The van der Waals surface area contributed by atoms with E-state index in [9.17, 15) is 14.4 Å². The Labute approximate surface area is 97.5 Å². The van der Waals surface area contributed by atoms with Gasteiger partial charge in [0.15, 0.2) is 5.78 Å². The van der Waals surface area contributed by atoms with Gasteiger partial charge in [-0.25, -0.2) is 0 Å². The number of carbonyl (C=O) groups excluding carboxylic acids is 1. The van der Waals surface area contributed by atoms with Crippen LogP contribution in [0, 0.1) is 5.92 Å². The maximum Gasteiger partial charge on any atom is 0.325 e. The van der Waals surface area contributed by atoms with Crippen molar-refractivity contribution in [3.8, 4) is 0 Å². The summed E-state index contributed by atoms with van der Waals surface area (Å²) in [5.74, 6) is -6.22. The number of carboxylic acids is 2. The lowest BCUT2D eigenvalue weighted by Gasteiger charge is -2.27. The van der Waals surface area contributed by atoms with Crippen LogP contribution >= 0.6 is 0 Å². The van der Waals surface area contributed by atoms with Crippen molar-refractivity contribution >= 4 is 17.7 Å². The lowest BCUT2D eigenvalue weighted by Crippen LogP contribution is -2.45. The van der Waals surface area contributed by atoms with Crippen LogP contribution in [-0.2, 0) is 19.9 Å². The number of Topliss-reactive ketones (excluding diaryl/α,β-unsaturated/α-hetero) is 1. The summed E-state index contributed by atoms with van der Waals surface area (Å²) in [4.78, 5) is 33.5. The van der Waals surface area contributed by atoms with Gasteiger partial charge in [-0.05, 0) is 26.0 Å². The Morgan fingerprint density at radius 1 is 1.06 bits per heavy atom. The molecule has 0 aliphatic heterocycles. The van der Waals surface area contributed by atoms with Gasteiger partial charge in [-0.15, -0.1) is 0 Å². The molecule has 1 heterocycles. The normalized spacial score (nSPS) is 11.5. The summed E-state index contributed by atoms with van der Waals surface area (Å²) < 4.78 is 1.48. The summed E-state index contributed by atoms with van der Waals surface area (Å²) in [7, 11) is 0. The third kappa shape index (κ3) is 2.35. The van der Waals surface area contributed by atoms with E-state index in [0.717, 1.165) is 0 Å². The zero-order valence-corrected chi connectivity index (χ0v) is 9.45. The molecule has 6 heteroatoms. The fraction of sp³-hybridized carbons (Fsp3) is 0.364. The first-order valence-electron chi connectivity index (χ1n) is 4.92. The highest BCUT2D eigenvalue weighted by molar-refractivity contribution is 6.16. The highest BCUT2D eigenvalue weighted by Gasteiger charge is 2.43. The van der Waals surface area contributed by atoms with Gasteiger partial charge in [-0.1, -0.05) is 0 Å². The van der Waals surface area contributed by atoms with E-state index in [1.165, 1.54) is 18.4 Å². The fourth-order valence-electron chi connectivity index (χ4n) is 1.52. The lowest BCUT2D eigenvalue weighted by molar-refractivity contribution is -0.159. The zero-order chi connectivity index (χ0) is 13.2. The third-order valence-corrected chi connectivity index (χ3v) is 2.61. The van der Waals surface area contributed by atoms with Crippen molar-refractivity contribution in [1.29, 1.82) is 0 Å². The Bertz CT molecular complexity index is 432. The molecule has 0 saturated carbocycles. The molecule has 1 rings (SSSR count). The predicted molar refractivity (Wildman–Crippen MR) is 57.5 cm³/mol. The molecule has 0 unspecified atom stereocenters. The first-order valence-corrected chi connectivity index (χ1v) is 4.92. The van der Waals surface area contributed by atoms with Crippen molar-refractivity contribution in [2.24, 2.45) is 5.92 Å². The molecular weight excluding hydrogens is 226 g/mol. The molecule has 2 N–H and O–H groups in total. The zero-order valence-electron chi connectivity index (χ0n) is 9.45. The van der Waals surface area contributed by atoms with E-state index in [0.29, 0.717) is 0 Å². The summed E-state index contributed by atoms with van der Waals surface area (Å²) in [6.45, 7) is 2.96. The maximum absolute atomic E-state index is 12.0. The van der Waals surface area contributed by atoms with Gasteiger partial charge in [-0.2, -0.15) is 0 Å². The second-order valence-electron chi connectivity index (χ2n) is 4.12. The Balaban J connectivity index is 3.11. The highest BCUT2D eigenvalue weighted by atomic mass is 16.4. The van der Waals surface area contributed by atoms with Crippen LogP contribution in [0.2, 0.25) is 0 Å². The highest BCUT2D eigenvalue weighted by Crippen LogP contribution is 2.21. The van der Waals surface area contributed by atoms with Gasteiger partial charge in [0, 0.05) is 12.4 Å². The van der Waals surface area contributed by atoms with E-state index in [2.05, 4.69) is 0 Å². The second kappa shape index (κ2) is 4.40. The number of aliphatic carboxylic acids is 2. The molecule has 0 amide bonds. The first kappa shape index (κ1) is 13.0. The molecule has 0 atom stereocenters. The van der Waals surface area contributed by atoms with Crippen molar-refractivity contribution < 1.29 is 24.6 Å². The Kier molecular flexibility index (Phi) is 3.36. The number of hydrogen-bond acceptors (Lipinski definition) is 3. The minimum Gasteiger partial charge on any atom is -0.480 e. The molecule has 0 saturated heterocycles. The van der Waals surface area contributed by atoms with Crippen LogP contribution in [0.5, 0.6) is 0 Å². The summed E-state index contributed by atoms with van der Waals surface area (Å²) >= 11 is 0. The van der Waals surface area contributed by atoms with E-state index >= 15 is 0 Å². The van der Waals surface area contributed by atoms with Crippen LogP contribution in [0.1, 0.15) is 13.8 Å². The molecule has 17 heavy (non-hydrogen) atoms. The molecule has 92 valence electrons. The SMILES string of the molecule is CC(C)(C(=O)C(C(=O)O)C(=O)O)n1cccc1. The standard InChI is InChI=1S/C11H13NO5/c1-11(2,12-5-3-4-6-12)8(13)7(9(14)15)10(16)17/h3-7H,1-2H3,(H,14,15)(H,16,17). The van der Waals surface area contributed by atoms with Crippen molar-refractivity contribution in [1.82, 2.24) is 4.57 Å². The monoisotopic (exact) mass is 239 g/mol. The van der Waals surface area contributed by atoms with E-state index in [4.69, 9.17) is 10.2 Å². The number of hydrogen-bond donors (Lipinski definition) is 2. The quantitative estimate of drug-likeness (QED) is 0.732. The van der Waals surface area contributed by atoms with E-state index in [-0.39, 0.29) is 0 Å². The predicted octanol–water partition coefficient (Wildman–Crippen LogP) is 0.578. The summed E-state index contributed by atoms with van der Waals surface area (Å²) in [6, 6.07) is 3.34. The van der Waals surface area contributed by atoms with Crippen LogP contribution < -0.4 is 0 Å². The molecule has 0 aromatic carbocycles. The minimum absolute atomic E-state index is 0.867. The molecule has 1 aromatic rings. The minimum atomic E-state index is -2.05. The topological polar surface area (TPSA) is 96.6 Å². The number of nitrogens with zero attached hydrogens (tertiary/aromatic N) is 1. The number of rotatable bonds is 5. The van der Waals surface area contributed by atoms with Gasteiger partial charge in [0.25, 0.3) is 0 Å². The number of carboxylic acid groups (broad SMARTS) is 2. The molecule has 6 nitrogen and oxygen atoms in total. The fourth-order valence-corrected chi connectivity index (χ4v) is 1.52. The summed E-state index contributed by atoms with van der Waals surface area (Å²) in [6.07, 6.45) is 3.16. The van der Waals surface area contributed by atoms with E-state index in [1.807, 2.05) is 0 Å². The first-order chi connectivity index (χ1) is 7.78. The van der Waals surface area contributed by atoms with Gasteiger partial charge in [0.2, 0.25) is 5.92 Å². The lowest BCUT2D eigenvalue weighted by atomic mass is 9.88. The number of ketones is 1. The largest absolute Gasteiger partial charge is 0.480 e. The molecule has 0 radical (unpaired) electrons. The van der Waals surface area contributed by atoms with E-state index < -0.39 is 29.2 Å².